The van der Waals surface area contributed by atoms with Gasteiger partial charge in [0.25, 0.3) is 0 Å². The predicted molar refractivity (Wildman–Crippen MR) is 155 cm³/mol. The second kappa shape index (κ2) is 14.5. The van der Waals surface area contributed by atoms with Gasteiger partial charge in [0.15, 0.2) is 5.78 Å². The molecule has 3 aromatic rings. The third kappa shape index (κ3) is 6.99. The Bertz CT molecular complexity index is 1230. The Kier molecular flexibility index (Phi) is 11.1. The summed E-state index contributed by atoms with van der Waals surface area (Å²) in [5, 5.41) is 0. The maximum absolute atomic E-state index is 14.5. The molecule has 0 fully saturated rings. The van der Waals surface area contributed by atoms with Gasteiger partial charge in [0, 0.05) is 29.7 Å². The number of ketones is 4. The molecule has 3 aromatic carbocycles. The fourth-order valence-electron chi connectivity index (χ4n) is 4.77. The summed E-state index contributed by atoms with van der Waals surface area (Å²) in [5.41, 5.74) is -1.83. The van der Waals surface area contributed by atoms with Crippen LogP contribution in [-0.2, 0) is 9.53 Å². The van der Waals surface area contributed by atoms with Crippen molar-refractivity contribution >= 4 is 23.1 Å². The highest BCUT2D eigenvalue weighted by Gasteiger charge is 2.59. The summed E-state index contributed by atoms with van der Waals surface area (Å²) in [5.74, 6) is -3.84. The van der Waals surface area contributed by atoms with E-state index in [0.29, 0.717) is 12.2 Å². The molecule has 0 aliphatic rings. The van der Waals surface area contributed by atoms with Crippen molar-refractivity contribution in [3.05, 3.63) is 102 Å². The quantitative estimate of drug-likeness (QED) is 0.112. The standard InChI is InChI=1S/C34H38O6/c1-5-6-13-22-40-34(32(37)26-14-9-7-10-15-26,33(38)27-16-11-8-12-17-27)30(29(35)23-24(2)3)31(36)25-18-20-28(39-4)21-19-25/h7-12,14-21,24,30H,5-6,13,22-23H2,1-4H3. The van der Waals surface area contributed by atoms with E-state index in [-0.39, 0.29) is 35.6 Å². The van der Waals surface area contributed by atoms with E-state index in [1.165, 1.54) is 7.11 Å². The Morgan fingerprint density at radius 3 is 1.70 bits per heavy atom. The molecule has 0 saturated heterocycles. The van der Waals surface area contributed by atoms with Crippen molar-refractivity contribution < 1.29 is 28.7 Å². The van der Waals surface area contributed by atoms with E-state index in [4.69, 9.17) is 9.47 Å². The summed E-state index contributed by atoms with van der Waals surface area (Å²) in [7, 11) is 1.51. The minimum Gasteiger partial charge on any atom is -0.497 e. The monoisotopic (exact) mass is 542 g/mol. The average molecular weight is 543 g/mol. The molecule has 210 valence electrons. The van der Waals surface area contributed by atoms with E-state index < -0.39 is 34.7 Å². The molecule has 0 radical (unpaired) electrons. The van der Waals surface area contributed by atoms with E-state index in [1.807, 2.05) is 20.8 Å². The highest BCUT2D eigenvalue weighted by molar-refractivity contribution is 6.29. The first-order valence-electron chi connectivity index (χ1n) is 13.8. The van der Waals surface area contributed by atoms with Crippen LogP contribution < -0.4 is 4.74 Å². The maximum Gasteiger partial charge on any atom is 0.210 e. The molecule has 0 saturated carbocycles. The fourth-order valence-corrected chi connectivity index (χ4v) is 4.77. The van der Waals surface area contributed by atoms with E-state index in [9.17, 15) is 19.2 Å². The van der Waals surface area contributed by atoms with Crippen LogP contribution in [0, 0.1) is 11.8 Å². The number of methoxy groups -OCH3 is 1. The first-order valence-corrected chi connectivity index (χ1v) is 13.8. The van der Waals surface area contributed by atoms with Gasteiger partial charge in [-0.1, -0.05) is 94.3 Å². The van der Waals surface area contributed by atoms with Crippen molar-refractivity contribution in [2.45, 2.75) is 52.1 Å². The first kappa shape index (κ1) is 30.6. The molecule has 0 spiro atoms. The van der Waals surface area contributed by atoms with Gasteiger partial charge in [-0.25, -0.2) is 0 Å². The highest BCUT2D eigenvalue weighted by Crippen LogP contribution is 2.36. The van der Waals surface area contributed by atoms with Crippen LogP contribution in [0.2, 0.25) is 0 Å². The molecule has 0 N–H and O–H groups in total. The molecule has 6 nitrogen and oxygen atoms in total. The lowest BCUT2D eigenvalue weighted by Gasteiger charge is -2.37. The third-order valence-electron chi connectivity index (χ3n) is 6.80. The van der Waals surface area contributed by atoms with Crippen LogP contribution in [0.5, 0.6) is 5.75 Å². The Balaban J connectivity index is 2.32. The van der Waals surface area contributed by atoms with Gasteiger partial charge >= 0.3 is 0 Å². The highest BCUT2D eigenvalue weighted by atomic mass is 16.5. The molecule has 0 amide bonds. The molecular weight excluding hydrogens is 504 g/mol. The molecule has 40 heavy (non-hydrogen) atoms. The lowest BCUT2D eigenvalue weighted by Crippen LogP contribution is -2.60. The van der Waals surface area contributed by atoms with Crippen LogP contribution in [0.4, 0.5) is 0 Å². The molecular formula is C34H38O6. The molecule has 0 aromatic heterocycles. The number of carbonyl (C=O) groups excluding carboxylic acids is 4. The van der Waals surface area contributed by atoms with E-state index in [0.717, 1.165) is 12.8 Å². The van der Waals surface area contributed by atoms with Gasteiger partial charge in [-0.05, 0) is 36.6 Å². The first-order chi connectivity index (χ1) is 19.3. The molecule has 0 heterocycles. The maximum atomic E-state index is 14.5. The van der Waals surface area contributed by atoms with Crippen LogP contribution >= 0.6 is 0 Å². The normalized spacial score (nSPS) is 12.1. The van der Waals surface area contributed by atoms with Crippen LogP contribution in [0.15, 0.2) is 84.9 Å². The number of unbranched alkanes of at least 4 members (excludes halogenated alkanes) is 2. The number of hydrogen-bond donors (Lipinski definition) is 0. The van der Waals surface area contributed by atoms with Gasteiger partial charge in [0.2, 0.25) is 17.2 Å². The lowest BCUT2D eigenvalue weighted by atomic mass is 9.69. The molecule has 0 aliphatic heterocycles. The van der Waals surface area contributed by atoms with Gasteiger partial charge in [-0.2, -0.15) is 0 Å². The lowest BCUT2D eigenvalue weighted by molar-refractivity contribution is -0.129. The van der Waals surface area contributed by atoms with Gasteiger partial charge in [-0.3, -0.25) is 19.2 Å². The van der Waals surface area contributed by atoms with Gasteiger partial charge in [0.1, 0.15) is 17.5 Å². The number of benzene rings is 3. The minimum absolute atomic E-state index is 0.00320. The summed E-state index contributed by atoms with van der Waals surface area (Å²) in [6.07, 6.45) is 2.24. The van der Waals surface area contributed by atoms with Crippen molar-refractivity contribution in [2.24, 2.45) is 11.8 Å². The minimum atomic E-state index is -2.39. The van der Waals surface area contributed by atoms with Crippen LogP contribution in [-0.4, -0.2) is 42.5 Å². The predicted octanol–water partition coefficient (Wildman–Crippen LogP) is 6.82. The van der Waals surface area contributed by atoms with Gasteiger partial charge in [0.05, 0.1) is 7.11 Å². The zero-order valence-corrected chi connectivity index (χ0v) is 23.7. The van der Waals surface area contributed by atoms with E-state index in [1.54, 1.807) is 84.9 Å². The fraction of sp³-hybridized carbons (Fsp3) is 0.353. The Hall–Kier alpha value is -3.90. The summed E-state index contributed by atoms with van der Waals surface area (Å²) in [6.45, 7) is 5.77. The molecule has 0 aliphatic carbocycles. The summed E-state index contributed by atoms with van der Waals surface area (Å²) < 4.78 is 11.6. The number of carbonyl (C=O) groups is 4. The second-order valence-corrected chi connectivity index (χ2v) is 10.3. The van der Waals surface area contributed by atoms with Crippen LogP contribution in [0.3, 0.4) is 0 Å². The molecule has 6 heteroatoms. The number of hydrogen-bond acceptors (Lipinski definition) is 6. The van der Waals surface area contributed by atoms with E-state index >= 15 is 0 Å². The SMILES string of the molecule is CCCCCOC(C(=O)c1ccccc1)(C(=O)c1ccccc1)C(C(=O)CC(C)C)C(=O)c1ccc(OC)cc1. The zero-order chi connectivity index (χ0) is 29.1. The van der Waals surface area contributed by atoms with Gasteiger partial charge < -0.3 is 9.47 Å². The molecule has 3 rings (SSSR count). The van der Waals surface area contributed by atoms with Crippen molar-refractivity contribution in [3.8, 4) is 5.75 Å². The largest absolute Gasteiger partial charge is 0.497 e. The summed E-state index contributed by atoms with van der Waals surface area (Å²) >= 11 is 0. The Morgan fingerprint density at radius 1 is 0.725 bits per heavy atom. The molecule has 0 bridgehead atoms. The zero-order valence-electron chi connectivity index (χ0n) is 23.7. The van der Waals surface area contributed by atoms with Crippen molar-refractivity contribution in [1.29, 1.82) is 0 Å². The average Bonchev–Trinajstić information content (AvgIpc) is 2.98. The summed E-state index contributed by atoms with van der Waals surface area (Å²) in [6, 6.07) is 22.8. The molecule has 1 atom stereocenters. The Labute approximate surface area is 236 Å². The number of ether oxygens (including phenoxy) is 2. The van der Waals surface area contributed by atoms with Gasteiger partial charge in [-0.15, -0.1) is 0 Å². The van der Waals surface area contributed by atoms with Crippen molar-refractivity contribution in [1.82, 2.24) is 0 Å². The van der Waals surface area contributed by atoms with Crippen molar-refractivity contribution in [3.63, 3.8) is 0 Å². The van der Waals surface area contributed by atoms with Crippen LogP contribution in [0.25, 0.3) is 0 Å². The van der Waals surface area contributed by atoms with Crippen LogP contribution in [0.1, 0.15) is 77.5 Å². The van der Waals surface area contributed by atoms with E-state index in [2.05, 4.69) is 0 Å². The molecule has 1 unspecified atom stereocenters. The number of rotatable bonds is 16. The Morgan fingerprint density at radius 2 is 1.25 bits per heavy atom. The van der Waals surface area contributed by atoms with Crippen molar-refractivity contribution in [2.75, 3.05) is 13.7 Å². The topological polar surface area (TPSA) is 86.7 Å². The third-order valence-corrected chi connectivity index (χ3v) is 6.80. The summed E-state index contributed by atoms with van der Waals surface area (Å²) in [4.78, 5) is 57.5. The second-order valence-electron chi connectivity index (χ2n) is 10.3. The smallest absolute Gasteiger partial charge is 0.210 e. The number of Topliss-reactive ketones (excluding diaryl/α,β-unsaturated/α-hetero) is 4.